The van der Waals surface area contributed by atoms with E-state index in [9.17, 15) is 19.2 Å². The summed E-state index contributed by atoms with van der Waals surface area (Å²) >= 11 is 0.863. The molecule has 2 rings (SSSR count). The number of oxazole rings is 1. The first-order valence-corrected chi connectivity index (χ1v) is 9.95. The van der Waals surface area contributed by atoms with Gasteiger partial charge < -0.3 is 24.3 Å². The van der Waals surface area contributed by atoms with Gasteiger partial charge in [0.1, 0.15) is 12.1 Å². The Kier molecular flexibility index (Phi) is 9.29. The molecular weight excluding hydrogens is 416 g/mol. The van der Waals surface area contributed by atoms with Gasteiger partial charge in [0.05, 0.1) is 25.5 Å². The standard InChI is InChI=1S/C19H22N2O8S/c1-12(22)27-8-6-13(10-16(23)24)18(26)28-9-7-20-11-17(25)30-19-21-14-4-2-3-5-15(14)29-19/h2-5,13,20H,6-11H2,1H3,(H,23,24). The third-order valence-electron chi connectivity index (χ3n) is 3.79. The Balaban J connectivity index is 1.66. The molecule has 0 amide bonds. The highest BCUT2D eigenvalue weighted by molar-refractivity contribution is 8.13. The summed E-state index contributed by atoms with van der Waals surface area (Å²) in [5, 5.41) is 11.8. The molecule has 11 heteroatoms. The fourth-order valence-corrected chi connectivity index (χ4v) is 3.06. The van der Waals surface area contributed by atoms with Gasteiger partial charge in [-0.2, -0.15) is 0 Å². The molecule has 0 bridgehead atoms. The van der Waals surface area contributed by atoms with Crippen molar-refractivity contribution >= 4 is 45.9 Å². The molecule has 1 atom stereocenters. The van der Waals surface area contributed by atoms with Gasteiger partial charge in [-0.25, -0.2) is 4.98 Å². The van der Waals surface area contributed by atoms with E-state index in [1.54, 1.807) is 12.1 Å². The van der Waals surface area contributed by atoms with Crippen molar-refractivity contribution in [3.8, 4) is 0 Å². The number of carbonyl (C=O) groups is 4. The molecule has 10 nitrogen and oxygen atoms in total. The van der Waals surface area contributed by atoms with Gasteiger partial charge in [0.2, 0.25) is 5.12 Å². The number of ether oxygens (including phenoxy) is 2. The molecule has 0 aliphatic carbocycles. The normalized spacial score (nSPS) is 11.8. The number of para-hydroxylation sites is 2. The third-order valence-corrected chi connectivity index (χ3v) is 4.52. The van der Waals surface area contributed by atoms with Crippen molar-refractivity contribution in [3.63, 3.8) is 0 Å². The lowest BCUT2D eigenvalue weighted by Crippen LogP contribution is -2.28. The summed E-state index contributed by atoms with van der Waals surface area (Å²) in [5.74, 6) is -3.28. The first kappa shape index (κ1) is 23.4. The molecule has 0 spiro atoms. The first-order chi connectivity index (χ1) is 14.3. The zero-order chi connectivity index (χ0) is 21.9. The van der Waals surface area contributed by atoms with Crippen molar-refractivity contribution in [1.29, 1.82) is 0 Å². The van der Waals surface area contributed by atoms with Crippen LogP contribution in [0, 0.1) is 5.92 Å². The largest absolute Gasteiger partial charge is 0.481 e. The number of benzene rings is 1. The van der Waals surface area contributed by atoms with Gasteiger partial charge in [-0.1, -0.05) is 12.1 Å². The maximum absolute atomic E-state index is 12.0. The van der Waals surface area contributed by atoms with Gasteiger partial charge in [-0.3, -0.25) is 19.2 Å². The molecular formula is C19H22N2O8S. The molecule has 0 saturated heterocycles. The molecule has 1 unspecified atom stereocenters. The SMILES string of the molecule is CC(=O)OCCC(CC(=O)O)C(=O)OCCNCC(=O)Sc1nc2ccccc2o1. The van der Waals surface area contributed by atoms with Crippen molar-refractivity contribution in [1.82, 2.24) is 10.3 Å². The minimum Gasteiger partial charge on any atom is -0.481 e. The maximum atomic E-state index is 12.0. The number of nitrogens with zero attached hydrogens (tertiary/aromatic N) is 1. The predicted octanol–water partition coefficient (Wildman–Crippen LogP) is 1.62. The molecule has 1 heterocycles. The number of aromatic nitrogens is 1. The molecule has 0 aliphatic rings. The lowest BCUT2D eigenvalue weighted by molar-refractivity contribution is -0.154. The maximum Gasteiger partial charge on any atom is 0.309 e. The lowest BCUT2D eigenvalue weighted by Gasteiger charge is -2.14. The number of carboxylic acids is 1. The summed E-state index contributed by atoms with van der Waals surface area (Å²) < 4.78 is 15.2. The van der Waals surface area contributed by atoms with E-state index < -0.39 is 30.2 Å². The van der Waals surface area contributed by atoms with E-state index in [2.05, 4.69) is 10.3 Å². The topological polar surface area (TPSA) is 145 Å². The molecule has 0 fully saturated rings. The molecule has 2 N–H and O–H groups in total. The Hall–Kier alpha value is -2.92. The fourth-order valence-electron chi connectivity index (χ4n) is 2.42. The zero-order valence-corrected chi connectivity index (χ0v) is 17.1. The second-order valence-corrected chi connectivity index (χ2v) is 7.20. The summed E-state index contributed by atoms with van der Waals surface area (Å²) in [6.45, 7) is 1.33. The number of thioether (sulfide) groups is 1. The van der Waals surface area contributed by atoms with E-state index in [4.69, 9.17) is 19.0 Å². The van der Waals surface area contributed by atoms with Crippen LogP contribution < -0.4 is 5.32 Å². The predicted molar refractivity (Wildman–Crippen MR) is 106 cm³/mol. The highest BCUT2D eigenvalue weighted by atomic mass is 32.2. The van der Waals surface area contributed by atoms with Crippen molar-refractivity contribution in [2.24, 2.45) is 5.92 Å². The molecule has 1 aromatic carbocycles. The minimum atomic E-state index is -1.15. The minimum absolute atomic E-state index is 0.00590. The average Bonchev–Trinajstić information content (AvgIpc) is 3.08. The number of carboxylic acid groups (broad SMARTS) is 1. The summed E-state index contributed by atoms with van der Waals surface area (Å²) in [6.07, 6.45) is -0.370. The Labute approximate surface area is 176 Å². The highest BCUT2D eigenvalue weighted by Crippen LogP contribution is 2.23. The van der Waals surface area contributed by atoms with Crippen molar-refractivity contribution in [3.05, 3.63) is 24.3 Å². The summed E-state index contributed by atoms with van der Waals surface area (Å²) in [6, 6.07) is 7.17. The molecule has 0 radical (unpaired) electrons. The van der Waals surface area contributed by atoms with Crippen LogP contribution in [0.1, 0.15) is 19.8 Å². The van der Waals surface area contributed by atoms with Crippen LogP contribution in [-0.4, -0.2) is 59.4 Å². The molecule has 1 aromatic heterocycles. The summed E-state index contributed by atoms with van der Waals surface area (Å²) in [7, 11) is 0. The quantitative estimate of drug-likeness (QED) is 0.283. The number of carbonyl (C=O) groups excluding carboxylic acids is 3. The Morgan fingerprint density at radius 2 is 1.97 bits per heavy atom. The highest BCUT2D eigenvalue weighted by Gasteiger charge is 2.23. The van der Waals surface area contributed by atoms with E-state index in [1.165, 1.54) is 6.92 Å². The number of rotatable bonds is 12. The number of nitrogens with one attached hydrogen (secondary N) is 1. The van der Waals surface area contributed by atoms with Gasteiger partial charge in [0.15, 0.2) is 5.58 Å². The van der Waals surface area contributed by atoms with E-state index in [0.29, 0.717) is 11.1 Å². The second-order valence-electron chi connectivity index (χ2n) is 6.19. The first-order valence-electron chi connectivity index (χ1n) is 9.14. The monoisotopic (exact) mass is 438 g/mol. The number of hydrogen-bond acceptors (Lipinski definition) is 10. The van der Waals surface area contributed by atoms with Crippen LogP contribution in [0.15, 0.2) is 33.9 Å². The van der Waals surface area contributed by atoms with Crippen LogP contribution in [0.2, 0.25) is 0 Å². The number of esters is 2. The summed E-state index contributed by atoms with van der Waals surface area (Å²) in [5.41, 5.74) is 1.26. The van der Waals surface area contributed by atoms with Crippen LogP contribution in [0.3, 0.4) is 0 Å². The van der Waals surface area contributed by atoms with Crippen LogP contribution in [-0.2, 0) is 28.7 Å². The molecule has 0 saturated carbocycles. The second kappa shape index (κ2) is 11.9. The zero-order valence-electron chi connectivity index (χ0n) is 16.3. The van der Waals surface area contributed by atoms with Gasteiger partial charge in [-0.15, -0.1) is 0 Å². The number of aliphatic carboxylic acids is 1. The number of fused-ring (bicyclic) bond motifs is 1. The van der Waals surface area contributed by atoms with E-state index in [-0.39, 0.29) is 43.1 Å². The number of hydrogen-bond donors (Lipinski definition) is 2. The van der Waals surface area contributed by atoms with Gasteiger partial charge in [0, 0.05) is 25.2 Å². The van der Waals surface area contributed by atoms with Gasteiger partial charge >= 0.3 is 17.9 Å². The average molecular weight is 438 g/mol. The Morgan fingerprint density at radius 3 is 2.67 bits per heavy atom. The van der Waals surface area contributed by atoms with Crippen LogP contribution >= 0.6 is 11.8 Å². The smallest absolute Gasteiger partial charge is 0.309 e. The van der Waals surface area contributed by atoms with E-state index >= 15 is 0 Å². The van der Waals surface area contributed by atoms with Crippen LogP contribution in [0.25, 0.3) is 11.1 Å². The molecule has 162 valence electrons. The van der Waals surface area contributed by atoms with E-state index in [0.717, 1.165) is 11.8 Å². The summed E-state index contributed by atoms with van der Waals surface area (Å²) in [4.78, 5) is 49.9. The lowest BCUT2D eigenvalue weighted by atomic mass is 10.0. The molecule has 0 aliphatic heterocycles. The van der Waals surface area contributed by atoms with Gasteiger partial charge in [-0.05, 0) is 18.6 Å². The fraction of sp³-hybridized carbons (Fsp3) is 0.421. The van der Waals surface area contributed by atoms with Gasteiger partial charge in [0.25, 0.3) is 5.22 Å². The van der Waals surface area contributed by atoms with E-state index in [1.807, 2.05) is 12.1 Å². The van der Waals surface area contributed by atoms with Crippen molar-refractivity contribution in [2.45, 2.75) is 25.0 Å². The molecule has 2 aromatic rings. The molecule has 30 heavy (non-hydrogen) atoms. The Morgan fingerprint density at radius 1 is 1.20 bits per heavy atom. The Bertz CT molecular complexity index is 865. The van der Waals surface area contributed by atoms with Crippen molar-refractivity contribution < 1.29 is 38.2 Å². The third kappa shape index (κ3) is 8.21. The van der Waals surface area contributed by atoms with Crippen molar-refractivity contribution in [2.75, 3.05) is 26.3 Å². The van der Waals surface area contributed by atoms with Crippen LogP contribution in [0.5, 0.6) is 0 Å². The van der Waals surface area contributed by atoms with Crippen LogP contribution in [0.4, 0.5) is 0 Å².